The Labute approximate surface area is 129 Å². The number of ether oxygens (including phenoxy) is 1. The van der Waals surface area contributed by atoms with E-state index in [1.165, 1.54) is 6.08 Å². The molecular formula is C17H18N2O3. The van der Waals surface area contributed by atoms with Gasteiger partial charge in [-0.15, -0.1) is 6.42 Å². The molecule has 0 bridgehead atoms. The molecule has 1 aromatic heterocycles. The van der Waals surface area contributed by atoms with Gasteiger partial charge in [-0.05, 0) is 24.6 Å². The molecule has 1 aromatic rings. The van der Waals surface area contributed by atoms with E-state index in [9.17, 15) is 9.90 Å². The Morgan fingerprint density at radius 2 is 2.50 bits per heavy atom. The minimum atomic E-state index is -0.251. The van der Waals surface area contributed by atoms with E-state index in [0.717, 1.165) is 11.1 Å². The van der Waals surface area contributed by atoms with E-state index in [0.29, 0.717) is 18.7 Å². The minimum absolute atomic E-state index is 0.0636. The van der Waals surface area contributed by atoms with Crippen molar-refractivity contribution in [1.82, 2.24) is 9.88 Å². The average Bonchev–Trinajstić information content (AvgIpc) is 2.52. The number of aliphatic hydroxyl groups excluding tert-OH is 1. The first-order valence-corrected chi connectivity index (χ1v) is 6.96. The van der Waals surface area contributed by atoms with Gasteiger partial charge < -0.3 is 14.7 Å². The molecule has 0 radical (unpaired) electrons. The predicted molar refractivity (Wildman–Crippen MR) is 83.8 cm³/mol. The Morgan fingerprint density at radius 3 is 3.14 bits per heavy atom. The zero-order valence-electron chi connectivity index (χ0n) is 12.5. The lowest BCUT2D eigenvalue weighted by Crippen LogP contribution is -2.44. The molecule has 1 aliphatic heterocycles. The second-order valence-electron chi connectivity index (χ2n) is 4.87. The molecule has 5 heteroatoms. The van der Waals surface area contributed by atoms with Crippen molar-refractivity contribution in [2.45, 2.75) is 13.0 Å². The molecule has 22 heavy (non-hydrogen) atoms. The Balaban J connectivity index is 2.50. The fourth-order valence-electron chi connectivity index (χ4n) is 2.54. The largest absolute Gasteiger partial charge is 0.509 e. The van der Waals surface area contributed by atoms with E-state index >= 15 is 0 Å². The molecule has 1 amide bonds. The summed E-state index contributed by atoms with van der Waals surface area (Å²) in [6, 6.07) is 1.51. The van der Waals surface area contributed by atoms with E-state index < -0.39 is 0 Å². The van der Waals surface area contributed by atoms with E-state index in [1.54, 1.807) is 23.4 Å². The van der Waals surface area contributed by atoms with Crippen LogP contribution < -0.4 is 0 Å². The molecule has 1 N–H and O–H groups in total. The smallest absolute Gasteiger partial charge is 0.249 e. The van der Waals surface area contributed by atoms with Crippen molar-refractivity contribution in [3.63, 3.8) is 0 Å². The topological polar surface area (TPSA) is 62.7 Å². The van der Waals surface area contributed by atoms with Crippen LogP contribution in [0.4, 0.5) is 0 Å². The highest BCUT2D eigenvalue weighted by Crippen LogP contribution is 2.30. The average molecular weight is 298 g/mol. The van der Waals surface area contributed by atoms with Gasteiger partial charge in [0.2, 0.25) is 5.91 Å². The maximum atomic E-state index is 12.0. The second-order valence-corrected chi connectivity index (χ2v) is 4.87. The van der Waals surface area contributed by atoms with Gasteiger partial charge in [0.15, 0.2) is 0 Å². The van der Waals surface area contributed by atoms with Crippen LogP contribution in [0.25, 0.3) is 5.57 Å². The summed E-state index contributed by atoms with van der Waals surface area (Å²) < 4.78 is 5.37. The number of pyridine rings is 1. The van der Waals surface area contributed by atoms with Gasteiger partial charge in [-0.1, -0.05) is 12.5 Å². The molecule has 0 aliphatic carbocycles. The van der Waals surface area contributed by atoms with Crippen LogP contribution in [0.3, 0.4) is 0 Å². The van der Waals surface area contributed by atoms with Gasteiger partial charge in [0, 0.05) is 30.1 Å². The number of hydrogen-bond acceptors (Lipinski definition) is 4. The lowest BCUT2D eigenvalue weighted by Gasteiger charge is -2.35. The minimum Gasteiger partial charge on any atom is -0.509 e. The summed E-state index contributed by atoms with van der Waals surface area (Å²) in [7, 11) is 0. The molecule has 2 rings (SSSR count). The van der Waals surface area contributed by atoms with Crippen molar-refractivity contribution in [1.29, 1.82) is 0 Å². The number of aromatic nitrogens is 1. The van der Waals surface area contributed by atoms with E-state index in [2.05, 4.69) is 17.5 Å². The number of carbonyl (C=O) groups excluding carboxylic acids is 1. The van der Waals surface area contributed by atoms with Crippen molar-refractivity contribution >= 4 is 11.5 Å². The Hall–Kier alpha value is -2.58. The number of aliphatic hydroxyl groups is 1. The maximum Gasteiger partial charge on any atom is 0.249 e. The van der Waals surface area contributed by atoms with Crippen LogP contribution >= 0.6 is 0 Å². The van der Waals surface area contributed by atoms with Crippen molar-refractivity contribution in [2.75, 3.05) is 19.8 Å². The number of morpholine rings is 1. The van der Waals surface area contributed by atoms with Gasteiger partial charge in [0.05, 0.1) is 12.6 Å². The van der Waals surface area contributed by atoms with E-state index in [-0.39, 0.29) is 24.3 Å². The van der Waals surface area contributed by atoms with Gasteiger partial charge in [-0.2, -0.15) is 0 Å². The number of amides is 1. The summed E-state index contributed by atoms with van der Waals surface area (Å²) >= 11 is 0. The van der Waals surface area contributed by atoms with Crippen LogP contribution in [0.2, 0.25) is 0 Å². The molecule has 0 spiro atoms. The second kappa shape index (κ2) is 6.92. The zero-order valence-corrected chi connectivity index (χ0v) is 12.5. The van der Waals surface area contributed by atoms with E-state index in [1.807, 2.05) is 6.92 Å². The third kappa shape index (κ3) is 3.18. The first-order chi connectivity index (χ1) is 10.6. The van der Waals surface area contributed by atoms with Crippen LogP contribution in [0.1, 0.15) is 24.1 Å². The zero-order chi connectivity index (χ0) is 16.1. The van der Waals surface area contributed by atoms with Crippen molar-refractivity contribution in [3.05, 3.63) is 48.0 Å². The molecule has 114 valence electrons. The third-order valence-electron chi connectivity index (χ3n) is 3.51. The summed E-state index contributed by atoms with van der Waals surface area (Å²) in [4.78, 5) is 17.9. The highest BCUT2D eigenvalue weighted by atomic mass is 16.5. The predicted octanol–water partition coefficient (Wildman–Crippen LogP) is 2.09. The maximum absolute atomic E-state index is 12.0. The number of nitrogens with zero attached hydrogens (tertiary/aromatic N) is 2. The molecule has 2 heterocycles. The Kier molecular flexibility index (Phi) is 4.97. The molecule has 0 aromatic carbocycles. The van der Waals surface area contributed by atoms with Gasteiger partial charge >= 0.3 is 0 Å². The van der Waals surface area contributed by atoms with Crippen molar-refractivity contribution in [3.8, 4) is 12.3 Å². The molecule has 0 saturated carbocycles. The normalized spacial score (nSPS) is 18.9. The fourth-order valence-corrected chi connectivity index (χ4v) is 2.54. The molecule has 1 atom stereocenters. The number of rotatable bonds is 4. The number of hydrogen-bond donors (Lipinski definition) is 1. The number of likely N-dealkylation sites (N-methyl/N-ethyl adjacent to an activating group) is 1. The molecule has 1 saturated heterocycles. The molecule has 1 fully saturated rings. The Morgan fingerprint density at radius 1 is 1.73 bits per heavy atom. The van der Waals surface area contributed by atoms with Gasteiger partial charge in [0.1, 0.15) is 12.4 Å². The Bertz CT molecular complexity index is 658. The lowest BCUT2D eigenvalue weighted by molar-refractivity contribution is -0.148. The number of terminal acetylenes is 1. The quantitative estimate of drug-likeness (QED) is 0.525. The first-order valence-electron chi connectivity index (χ1n) is 6.96. The fraction of sp³-hybridized carbons (Fsp3) is 0.294. The summed E-state index contributed by atoms with van der Waals surface area (Å²) in [5.41, 5.74) is 2.01. The summed E-state index contributed by atoms with van der Waals surface area (Å²) in [6.07, 6.45) is 10.3. The highest BCUT2D eigenvalue weighted by Gasteiger charge is 2.30. The first kappa shape index (κ1) is 15.8. The highest BCUT2D eigenvalue weighted by molar-refractivity contribution is 5.83. The van der Waals surface area contributed by atoms with Crippen LogP contribution in [0.5, 0.6) is 0 Å². The van der Waals surface area contributed by atoms with Crippen molar-refractivity contribution < 1.29 is 14.6 Å². The van der Waals surface area contributed by atoms with Crippen LogP contribution in [-0.4, -0.2) is 40.7 Å². The van der Waals surface area contributed by atoms with Gasteiger partial charge in [-0.3, -0.25) is 9.78 Å². The summed E-state index contributed by atoms with van der Waals surface area (Å²) in [6.45, 7) is 6.39. The third-order valence-corrected chi connectivity index (χ3v) is 3.51. The molecule has 1 unspecified atom stereocenters. The number of allylic oxidation sites excluding steroid dienone is 2. The molecule has 1 aliphatic rings. The van der Waals surface area contributed by atoms with Gasteiger partial charge in [-0.25, -0.2) is 0 Å². The van der Waals surface area contributed by atoms with Crippen molar-refractivity contribution in [2.24, 2.45) is 0 Å². The standard InChI is InChI=1S/C17H18N2O3/c1-4-13(8-12(3)20)14-6-7-18-9-15(14)16-10-22-11-17(21)19(16)5-2/h1,6-9,16,20H,3,5,10-11H2,2H3/b13-8+. The van der Waals surface area contributed by atoms with Crippen LogP contribution in [-0.2, 0) is 9.53 Å². The van der Waals surface area contributed by atoms with Crippen LogP contribution in [0.15, 0.2) is 36.9 Å². The molecule has 5 nitrogen and oxygen atoms in total. The summed E-state index contributed by atoms with van der Waals surface area (Å²) in [5.74, 6) is 2.35. The number of carbonyl (C=O) groups is 1. The van der Waals surface area contributed by atoms with Gasteiger partial charge in [0.25, 0.3) is 0 Å². The van der Waals surface area contributed by atoms with E-state index in [4.69, 9.17) is 11.2 Å². The SMILES string of the molecule is C#C/C(=C\C(=C)O)c1ccncc1C1COCC(=O)N1CC. The van der Waals surface area contributed by atoms with Crippen LogP contribution in [0, 0.1) is 12.3 Å². The summed E-state index contributed by atoms with van der Waals surface area (Å²) in [5, 5.41) is 9.39. The lowest BCUT2D eigenvalue weighted by atomic mass is 9.95. The monoisotopic (exact) mass is 298 g/mol. The molecular weight excluding hydrogens is 280 g/mol.